The highest BCUT2D eigenvalue weighted by Gasteiger charge is 2.21. The van der Waals surface area contributed by atoms with Crippen molar-refractivity contribution >= 4 is 17.5 Å². The van der Waals surface area contributed by atoms with Crippen LogP contribution in [-0.4, -0.2) is 22.6 Å². The van der Waals surface area contributed by atoms with Gasteiger partial charge in [0.1, 0.15) is 0 Å². The Balaban J connectivity index is 1.71. The number of nitrogens with zero attached hydrogens (tertiary/aromatic N) is 1. The van der Waals surface area contributed by atoms with E-state index in [0.29, 0.717) is 23.8 Å². The SMILES string of the molecule is O=C(NCc1ccccc1Cl)c1n[nH]c2c1CNCC2. The van der Waals surface area contributed by atoms with Crippen LogP contribution in [0.5, 0.6) is 0 Å². The smallest absolute Gasteiger partial charge is 0.272 e. The molecule has 0 atom stereocenters. The summed E-state index contributed by atoms with van der Waals surface area (Å²) in [6.45, 7) is 1.99. The lowest BCUT2D eigenvalue weighted by Crippen LogP contribution is -2.28. The molecular weight excluding hydrogens is 276 g/mol. The number of carbonyl (C=O) groups is 1. The van der Waals surface area contributed by atoms with Crippen molar-refractivity contribution in [2.75, 3.05) is 6.54 Å². The molecule has 6 heteroatoms. The van der Waals surface area contributed by atoms with Crippen LogP contribution in [0, 0.1) is 0 Å². The second kappa shape index (κ2) is 5.64. The molecule has 104 valence electrons. The van der Waals surface area contributed by atoms with Gasteiger partial charge in [0, 0.05) is 42.3 Å². The molecule has 20 heavy (non-hydrogen) atoms. The second-order valence-electron chi connectivity index (χ2n) is 4.73. The minimum absolute atomic E-state index is 0.175. The monoisotopic (exact) mass is 290 g/mol. The van der Waals surface area contributed by atoms with Gasteiger partial charge >= 0.3 is 0 Å². The molecule has 1 aliphatic heterocycles. The zero-order valence-electron chi connectivity index (χ0n) is 10.9. The molecule has 1 aromatic carbocycles. The number of aromatic amines is 1. The van der Waals surface area contributed by atoms with Gasteiger partial charge in [-0.25, -0.2) is 0 Å². The van der Waals surface area contributed by atoms with Crippen LogP contribution >= 0.6 is 11.6 Å². The Morgan fingerprint density at radius 1 is 1.40 bits per heavy atom. The van der Waals surface area contributed by atoms with Crippen molar-refractivity contribution in [1.29, 1.82) is 0 Å². The average Bonchev–Trinajstić information content (AvgIpc) is 2.90. The van der Waals surface area contributed by atoms with Gasteiger partial charge in [-0.1, -0.05) is 29.8 Å². The predicted octanol–water partition coefficient (Wildman–Crippen LogP) is 1.64. The summed E-state index contributed by atoms with van der Waals surface area (Å²) in [6, 6.07) is 7.46. The number of H-pyrrole nitrogens is 1. The van der Waals surface area contributed by atoms with E-state index in [-0.39, 0.29) is 5.91 Å². The van der Waals surface area contributed by atoms with Gasteiger partial charge in [0.15, 0.2) is 5.69 Å². The van der Waals surface area contributed by atoms with E-state index in [4.69, 9.17) is 11.6 Å². The van der Waals surface area contributed by atoms with Crippen LogP contribution in [0.1, 0.15) is 27.3 Å². The molecule has 0 saturated heterocycles. The number of hydrogen-bond acceptors (Lipinski definition) is 3. The highest BCUT2D eigenvalue weighted by Crippen LogP contribution is 2.17. The molecular formula is C14H15ClN4O. The van der Waals surface area contributed by atoms with E-state index in [1.807, 2.05) is 24.3 Å². The van der Waals surface area contributed by atoms with Crippen LogP contribution in [0.2, 0.25) is 5.02 Å². The molecule has 5 nitrogen and oxygen atoms in total. The largest absolute Gasteiger partial charge is 0.346 e. The Morgan fingerprint density at radius 3 is 3.10 bits per heavy atom. The van der Waals surface area contributed by atoms with Gasteiger partial charge in [0.05, 0.1) is 0 Å². The van der Waals surface area contributed by atoms with Crippen molar-refractivity contribution in [1.82, 2.24) is 20.8 Å². The number of fused-ring (bicyclic) bond motifs is 1. The fourth-order valence-electron chi connectivity index (χ4n) is 2.31. The average molecular weight is 291 g/mol. The number of benzene rings is 1. The van der Waals surface area contributed by atoms with Crippen molar-refractivity contribution < 1.29 is 4.79 Å². The summed E-state index contributed by atoms with van der Waals surface area (Å²) in [4.78, 5) is 12.2. The van der Waals surface area contributed by atoms with E-state index in [9.17, 15) is 4.79 Å². The maximum atomic E-state index is 12.2. The summed E-state index contributed by atoms with van der Waals surface area (Å²) < 4.78 is 0. The van der Waals surface area contributed by atoms with Gasteiger partial charge in [-0.15, -0.1) is 0 Å². The van der Waals surface area contributed by atoms with Crippen LogP contribution in [-0.2, 0) is 19.5 Å². The number of amides is 1. The van der Waals surface area contributed by atoms with E-state index in [2.05, 4.69) is 20.8 Å². The third-order valence-electron chi connectivity index (χ3n) is 3.42. The zero-order chi connectivity index (χ0) is 13.9. The predicted molar refractivity (Wildman–Crippen MR) is 76.6 cm³/mol. The molecule has 1 aromatic heterocycles. The number of nitrogens with one attached hydrogen (secondary N) is 3. The van der Waals surface area contributed by atoms with E-state index in [0.717, 1.165) is 29.8 Å². The Bertz CT molecular complexity index is 638. The summed E-state index contributed by atoms with van der Waals surface area (Å²) in [5.74, 6) is -0.175. The van der Waals surface area contributed by atoms with Gasteiger partial charge in [0.2, 0.25) is 0 Å². The van der Waals surface area contributed by atoms with Gasteiger partial charge in [0.25, 0.3) is 5.91 Å². The molecule has 1 aliphatic rings. The lowest BCUT2D eigenvalue weighted by atomic mass is 10.1. The first-order valence-corrected chi connectivity index (χ1v) is 6.92. The van der Waals surface area contributed by atoms with Gasteiger partial charge in [-0.2, -0.15) is 5.10 Å². The summed E-state index contributed by atoms with van der Waals surface area (Å²) in [7, 11) is 0. The standard InChI is InChI=1S/C14H15ClN4O/c15-11-4-2-1-3-9(11)7-17-14(20)13-10-8-16-6-5-12(10)18-19-13/h1-4,16H,5-8H2,(H,17,20)(H,18,19). The summed E-state index contributed by atoms with van der Waals surface area (Å²) in [5.41, 5.74) is 3.38. The van der Waals surface area contributed by atoms with Crippen LogP contribution < -0.4 is 10.6 Å². The van der Waals surface area contributed by atoms with Gasteiger partial charge < -0.3 is 10.6 Å². The van der Waals surface area contributed by atoms with Crippen molar-refractivity contribution in [3.8, 4) is 0 Å². The molecule has 0 spiro atoms. The van der Waals surface area contributed by atoms with Crippen molar-refractivity contribution in [3.05, 3.63) is 51.8 Å². The van der Waals surface area contributed by atoms with Gasteiger partial charge in [-0.3, -0.25) is 9.89 Å². The Hall–Kier alpha value is -1.85. The number of halogens is 1. The van der Waals surface area contributed by atoms with E-state index in [1.165, 1.54) is 0 Å². The summed E-state index contributed by atoms with van der Waals surface area (Å²) in [5, 5.41) is 13.8. The number of carbonyl (C=O) groups excluding carboxylic acids is 1. The number of hydrogen-bond donors (Lipinski definition) is 3. The van der Waals surface area contributed by atoms with Crippen molar-refractivity contribution in [2.24, 2.45) is 0 Å². The Morgan fingerprint density at radius 2 is 2.25 bits per heavy atom. The lowest BCUT2D eigenvalue weighted by Gasteiger charge is -2.13. The number of aromatic nitrogens is 2. The molecule has 3 N–H and O–H groups in total. The number of rotatable bonds is 3. The van der Waals surface area contributed by atoms with Crippen LogP contribution in [0.3, 0.4) is 0 Å². The fraction of sp³-hybridized carbons (Fsp3) is 0.286. The second-order valence-corrected chi connectivity index (χ2v) is 5.14. The van der Waals surface area contributed by atoms with E-state index >= 15 is 0 Å². The summed E-state index contributed by atoms with van der Waals surface area (Å²) in [6.07, 6.45) is 0.875. The molecule has 0 unspecified atom stereocenters. The Labute approximate surface area is 121 Å². The first-order chi connectivity index (χ1) is 9.75. The highest BCUT2D eigenvalue weighted by molar-refractivity contribution is 6.31. The third-order valence-corrected chi connectivity index (χ3v) is 3.79. The first kappa shape index (κ1) is 13.1. The Kier molecular flexibility index (Phi) is 3.71. The molecule has 2 heterocycles. The van der Waals surface area contributed by atoms with Crippen molar-refractivity contribution in [2.45, 2.75) is 19.5 Å². The van der Waals surface area contributed by atoms with E-state index in [1.54, 1.807) is 0 Å². The summed E-state index contributed by atoms with van der Waals surface area (Å²) >= 11 is 6.06. The highest BCUT2D eigenvalue weighted by atomic mass is 35.5. The molecule has 2 aromatic rings. The quantitative estimate of drug-likeness (QED) is 0.805. The molecule has 3 rings (SSSR count). The minimum atomic E-state index is -0.175. The minimum Gasteiger partial charge on any atom is -0.346 e. The maximum absolute atomic E-state index is 12.2. The molecule has 0 fully saturated rings. The third kappa shape index (κ3) is 2.55. The normalized spacial score (nSPS) is 13.8. The topological polar surface area (TPSA) is 69.8 Å². The van der Waals surface area contributed by atoms with Crippen LogP contribution in [0.25, 0.3) is 0 Å². The fourth-order valence-corrected chi connectivity index (χ4v) is 2.52. The molecule has 0 aliphatic carbocycles. The van der Waals surface area contributed by atoms with E-state index < -0.39 is 0 Å². The van der Waals surface area contributed by atoms with Crippen LogP contribution in [0.15, 0.2) is 24.3 Å². The molecule has 0 bridgehead atoms. The lowest BCUT2D eigenvalue weighted by molar-refractivity contribution is 0.0944. The van der Waals surface area contributed by atoms with Crippen LogP contribution in [0.4, 0.5) is 0 Å². The first-order valence-electron chi connectivity index (χ1n) is 6.54. The molecule has 1 amide bonds. The van der Waals surface area contributed by atoms with Crippen molar-refractivity contribution in [3.63, 3.8) is 0 Å². The zero-order valence-corrected chi connectivity index (χ0v) is 11.6. The molecule has 0 radical (unpaired) electrons. The maximum Gasteiger partial charge on any atom is 0.272 e. The van der Waals surface area contributed by atoms with Gasteiger partial charge in [-0.05, 0) is 11.6 Å². The molecule has 0 saturated carbocycles.